The number of nitrogens with one attached hydrogen (secondary N) is 1. The minimum Gasteiger partial charge on any atom is -0.352 e. The Hall–Kier alpha value is -2.51. The van der Waals surface area contributed by atoms with Gasteiger partial charge in [-0.1, -0.05) is 11.6 Å². The Morgan fingerprint density at radius 1 is 1.16 bits per heavy atom. The first-order valence-electron chi connectivity index (χ1n) is 10.4. The van der Waals surface area contributed by atoms with Gasteiger partial charge in [-0.25, -0.2) is 9.37 Å². The molecule has 8 heteroatoms. The van der Waals surface area contributed by atoms with Gasteiger partial charge in [0.1, 0.15) is 5.82 Å². The molecule has 1 aromatic heterocycles. The number of thiazole rings is 1. The van der Waals surface area contributed by atoms with Crippen LogP contribution in [0.15, 0.2) is 42.5 Å². The maximum absolute atomic E-state index is 12.9. The topological polar surface area (TPSA) is 62.3 Å². The molecular weight excluding hydrogens is 437 g/mol. The molecule has 2 aromatic carbocycles. The highest BCUT2D eigenvalue weighted by atomic mass is 35.5. The number of hydrogen-bond donors (Lipinski definition) is 1. The van der Waals surface area contributed by atoms with Crippen LogP contribution in [0.2, 0.25) is 5.02 Å². The summed E-state index contributed by atoms with van der Waals surface area (Å²) in [5.74, 6) is -0.148. The lowest BCUT2D eigenvalue weighted by atomic mass is 9.97. The molecule has 0 bridgehead atoms. The molecule has 0 aliphatic carbocycles. The lowest BCUT2D eigenvalue weighted by Gasteiger charge is -2.31. The highest BCUT2D eigenvalue weighted by Gasteiger charge is 2.25. The van der Waals surface area contributed by atoms with E-state index in [1.54, 1.807) is 11.3 Å². The van der Waals surface area contributed by atoms with Crippen LogP contribution >= 0.6 is 22.9 Å². The van der Waals surface area contributed by atoms with Crippen LogP contribution in [0.4, 0.5) is 4.39 Å². The van der Waals surface area contributed by atoms with Crippen LogP contribution in [0.5, 0.6) is 0 Å². The zero-order valence-electron chi connectivity index (χ0n) is 16.9. The second-order valence-corrected chi connectivity index (χ2v) is 9.18. The number of fused-ring (bicyclic) bond motifs is 1. The zero-order chi connectivity index (χ0) is 21.8. The average Bonchev–Trinajstić information content (AvgIpc) is 3.20. The number of piperidine rings is 1. The van der Waals surface area contributed by atoms with E-state index in [-0.39, 0.29) is 17.6 Å². The normalized spacial score (nSPS) is 14.7. The van der Waals surface area contributed by atoms with Crippen molar-refractivity contribution in [3.63, 3.8) is 0 Å². The first kappa shape index (κ1) is 21.7. The first-order chi connectivity index (χ1) is 15.0. The van der Waals surface area contributed by atoms with E-state index in [1.165, 1.54) is 24.3 Å². The fourth-order valence-corrected chi connectivity index (χ4v) is 5.06. The molecule has 3 aromatic rings. The van der Waals surface area contributed by atoms with E-state index in [9.17, 15) is 14.0 Å². The number of likely N-dealkylation sites (tertiary alicyclic amines) is 1. The second-order valence-electron chi connectivity index (χ2n) is 7.69. The first-order valence-corrected chi connectivity index (χ1v) is 11.6. The van der Waals surface area contributed by atoms with Crippen LogP contribution in [-0.2, 0) is 4.79 Å². The van der Waals surface area contributed by atoms with Gasteiger partial charge in [0, 0.05) is 42.6 Å². The summed E-state index contributed by atoms with van der Waals surface area (Å²) in [5, 5.41) is 4.59. The molecule has 4 rings (SSSR count). The number of rotatable bonds is 6. The highest BCUT2D eigenvalue weighted by molar-refractivity contribution is 7.18. The van der Waals surface area contributed by atoms with Crippen LogP contribution in [0.25, 0.3) is 10.2 Å². The molecule has 31 heavy (non-hydrogen) atoms. The van der Waals surface area contributed by atoms with Gasteiger partial charge in [0.2, 0.25) is 5.91 Å². The Balaban J connectivity index is 1.20. The summed E-state index contributed by atoms with van der Waals surface area (Å²) in [6.45, 7) is 1.86. The van der Waals surface area contributed by atoms with Crippen LogP contribution in [0.1, 0.15) is 47.0 Å². The molecule has 1 saturated heterocycles. The Kier molecular flexibility index (Phi) is 6.83. The van der Waals surface area contributed by atoms with Crippen molar-refractivity contribution in [1.82, 2.24) is 15.2 Å². The molecule has 0 spiro atoms. The predicted molar refractivity (Wildman–Crippen MR) is 121 cm³/mol. The molecule has 0 atom stereocenters. The smallest absolute Gasteiger partial charge is 0.251 e. The van der Waals surface area contributed by atoms with Crippen LogP contribution in [-0.4, -0.2) is 41.3 Å². The Morgan fingerprint density at radius 3 is 2.65 bits per heavy atom. The number of halogens is 2. The van der Waals surface area contributed by atoms with Gasteiger partial charge in [0.05, 0.1) is 15.2 Å². The molecule has 2 heterocycles. The third-order valence-corrected chi connectivity index (χ3v) is 6.96. The fourth-order valence-electron chi connectivity index (χ4n) is 3.77. The summed E-state index contributed by atoms with van der Waals surface area (Å²) >= 11 is 7.76. The van der Waals surface area contributed by atoms with Gasteiger partial charge in [-0.05, 0) is 61.7 Å². The molecule has 1 fully saturated rings. The molecule has 0 unspecified atom stereocenters. The third kappa shape index (κ3) is 5.40. The monoisotopic (exact) mass is 459 g/mol. The van der Waals surface area contributed by atoms with E-state index in [0.29, 0.717) is 35.9 Å². The van der Waals surface area contributed by atoms with Crippen molar-refractivity contribution in [2.75, 3.05) is 19.6 Å². The highest BCUT2D eigenvalue weighted by Crippen LogP contribution is 2.34. The van der Waals surface area contributed by atoms with Gasteiger partial charge in [0.25, 0.3) is 5.91 Å². The second kappa shape index (κ2) is 9.75. The Labute approximate surface area is 189 Å². The van der Waals surface area contributed by atoms with Crippen LogP contribution in [0, 0.1) is 5.82 Å². The maximum Gasteiger partial charge on any atom is 0.251 e. The predicted octanol–water partition coefficient (Wildman–Crippen LogP) is 5.01. The van der Waals surface area contributed by atoms with E-state index in [4.69, 9.17) is 16.6 Å². The minimum absolute atomic E-state index is 0.116. The van der Waals surface area contributed by atoms with E-state index in [0.717, 1.165) is 41.2 Å². The summed E-state index contributed by atoms with van der Waals surface area (Å²) in [6, 6.07) is 11.2. The van der Waals surface area contributed by atoms with Gasteiger partial charge in [-0.3, -0.25) is 9.59 Å². The van der Waals surface area contributed by atoms with Crippen LogP contribution in [0.3, 0.4) is 0 Å². The van der Waals surface area contributed by atoms with Gasteiger partial charge >= 0.3 is 0 Å². The van der Waals surface area contributed by atoms with Crippen molar-refractivity contribution < 1.29 is 14.0 Å². The molecular formula is C23H23ClFN3O2S. The maximum atomic E-state index is 12.9. The average molecular weight is 460 g/mol. The lowest BCUT2D eigenvalue weighted by Crippen LogP contribution is -2.38. The third-order valence-electron chi connectivity index (χ3n) is 5.52. The number of hydrogen-bond acceptors (Lipinski definition) is 4. The van der Waals surface area contributed by atoms with Gasteiger partial charge < -0.3 is 10.2 Å². The van der Waals surface area contributed by atoms with Gasteiger partial charge in [-0.15, -0.1) is 11.3 Å². The Bertz CT molecular complexity index is 1080. The summed E-state index contributed by atoms with van der Waals surface area (Å²) in [5.41, 5.74) is 1.35. The molecule has 2 amide bonds. The standard InChI is InChI=1S/C23H23ClFN3O2S/c24-17-5-8-20-19(14-17)27-23(31-20)16-9-12-28(13-10-16)21(29)2-1-11-26-22(30)15-3-6-18(25)7-4-15/h3-8,14,16H,1-2,9-13H2,(H,26,30). The van der Waals surface area contributed by atoms with Crippen molar-refractivity contribution in [3.8, 4) is 0 Å². The molecule has 162 valence electrons. The van der Waals surface area contributed by atoms with E-state index >= 15 is 0 Å². The molecule has 1 N–H and O–H groups in total. The van der Waals surface area contributed by atoms with Crippen LogP contribution < -0.4 is 5.32 Å². The molecule has 0 radical (unpaired) electrons. The summed E-state index contributed by atoms with van der Waals surface area (Å²) in [6.07, 6.45) is 2.78. The number of aromatic nitrogens is 1. The molecule has 1 aliphatic heterocycles. The van der Waals surface area contributed by atoms with E-state index in [1.807, 2.05) is 23.1 Å². The van der Waals surface area contributed by atoms with Crippen molar-refractivity contribution in [1.29, 1.82) is 0 Å². The fraction of sp³-hybridized carbons (Fsp3) is 0.348. The zero-order valence-corrected chi connectivity index (χ0v) is 18.5. The number of amides is 2. The minimum atomic E-state index is -0.376. The molecule has 0 saturated carbocycles. The number of nitrogens with zero attached hydrogens (tertiary/aromatic N) is 2. The summed E-state index contributed by atoms with van der Waals surface area (Å²) in [4.78, 5) is 31.2. The number of carbonyl (C=O) groups excluding carboxylic acids is 2. The SMILES string of the molecule is O=C(NCCCC(=O)N1CCC(c2nc3cc(Cl)ccc3s2)CC1)c1ccc(F)cc1. The quantitative estimate of drug-likeness (QED) is 0.527. The lowest BCUT2D eigenvalue weighted by molar-refractivity contribution is -0.132. The van der Waals surface area contributed by atoms with E-state index in [2.05, 4.69) is 5.32 Å². The Morgan fingerprint density at radius 2 is 1.90 bits per heavy atom. The van der Waals surface area contributed by atoms with Gasteiger partial charge in [0.15, 0.2) is 0 Å². The van der Waals surface area contributed by atoms with Gasteiger partial charge in [-0.2, -0.15) is 0 Å². The molecule has 5 nitrogen and oxygen atoms in total. The summed E-state index contributed by atoms with van der Waals surface area (Å²) in [7, 11) is 0. The van der Waals surface area contributed by atoms with Crippen molar-refractivity contribution in [2.24, 2.45) is 0 Å². The van der Waals surface area contributed by atoms with E-state index < -0.39 is 0 Å². The van der Waals surface area contributed by atoms with Crippen molar-refractivity contribution >= 4 is 45.0 Å². The largest absolute Gasteiger partial charge is 0.352 e. The number of carbonyl (C=O) groups is 2. The summed E-state index contributed by atoms with van der Waals surface area (Å²) < 4.78 is 14.1. The molecule has 1 aliphatic rings. The van der Waals surface area contributed by atoms with Crippen molar-refractivity contribution in [2.45, 2.75) is 31.6 Å². The van der Waals surface area contributed by atoms with Crippen molar-refractivity contribution in [3.05, 3.63) is 63.9 Å². The number of benzene rings is 2.